The number of alkyl halides is 3. The Labute approximate surface area is 186 Å². The first-order valence-corrected chi connectivity index (χ1v) is 10.2. The molecule has 0 spiro atoms. The third-order valence-electron chi connectivity index (χ3n) is 4.28. The maximum Gasteiger partial charge on any atom is 0.418 e. The van der Waals surface area contributed by atoms with Gasteiger partial charge in [-0.05, 0) is 52.7 Å². The van der Waals surface area contributed by atoms with Crippen LogP contribution in [0.2, 0.25) is 0 Å². The number of ether oxygens (including phenoxy) is 2. The molecule has 1 N–H and O–H groups in total. The lowest BCUT2D eigenvalue weighted by atomic mass is 10.1. The van der Waals surface area contributed by atoms with Crippen molar-refractivity contribution in [2.24, 2.45) is 0 Å². The lowest BCUT2D eigenvalue weighted by Crippen LogP contribution is -2.17. The molecule has 31 heavy (non-hydrogen) atoms. The van der Waals surface area contributed by atoms with Crippen molar-refractivity contribution in [3.8, 4) is 11.5 Å². The highest BCUT2D eigenvalue weighted by Gasteiger charge is 2.33. The predicted octanol–water partition coefficient (Wildman–Crippen LogP) is 6.70. The van der Waals surface area contributed by atoms with E-state index in [1.807, 2.05) is 37.3 Å². The van der Waals surface area contributed by atoms with Crippen LogP contribution in [-0.2, 0) is 12.8 Å². The highest BCUT2D eigenvalue weighted by molar-refractivity contribution is 9.10. The van der Waals surface area contributed by atoms with Crippen molar-refractivity contribution in [3.63, 3.8) is 0 Å². The topological polar surface area (TPSA) is 47.6 Å². The molecule has 8 heteroatoms. The van der Waals surface area contributed by atoms with E-state index in [0.717, 1.165) is 11.6 Å². The molecule has 3 rings (SSSR count). The summed E-state index contributed by atoms with van der Waals surface area (Å²) in [5.41, 5.74) is -0.212. The van der Waals surface area contributed by atoms with Crippen molar-refractivity contribution in [1.29, 1.82) is 0 Å². The fourth-order valence-electron chi connectivity index (χ4n) is 2.86. The van der Waals surface area contributed by atoms with E-state index in [-0.39, 0.29) is 17.9 Å². The van der Waals surface area contributed by atoms with E-state index >= 15 is 0 Å². The van der Waals surface area contributed by atoms with E-state index in [0.29, 0.717) is 22.6 Å². The number of halogens is 4. The second kappa shape index (κ2) is 9.87. The lowest BCUT2D eigenvalue weighted by molar-refractivity contribution is -0.136. The number of hydrogen-bond donors (Lipinski definition) is 1. The van der Waals surface area contributed by atoms with Crippen molar-refractivity contribution in [1.82, 2.24) is 0 Å². The molecule has 0 saturated carbocycles. The molecule has 0 aromatic heterocycles. The molecule has 0 heterocycles. The van der Waals surface area contributed by atoms with Gasteiger partial charge >= 0.3 is 6.18 Å². The van der Waals surface area contributed by atoms with Gasteiger partial charge in [0.05, 0.1) is 22.3 Å². The highest BCUT2D eigenvalue weighted by atomic mass is 79.9. The average Bonchev–Trinajstić information content (AvgIpc) is 2.74. The van der Waals surface area contributed by atoms with Gasteiger partial charge in [0.15, 0.2) is 11.5 Å². The minimum Gasteiger partial charge on any atom is -0.489 e. The zero-order chi connectivity index (χ0) is 22.4. The number of benzene rings is 3. The van der Waals surface area contributed by atoms with E-state index < -0.39 is 17.6 Å². The van der Waals surface area contributed by atoms with E-state index in [4.69, 9.17) is 9.47 Å². The van der Waals surface area contributed by atoms with Crippen LogP contribution in [0.25, 0.3) is 0 Å². The first kappa shape index (κ1) is 22.7. The van der Waals surface area contributed by atoms with E-state index in [2.05, 4.69) is 21.2 Å². The third-order valence-corrected chi connectivity index (χ3v) is 4.87. The number of nitrogens with one attached hydrogen (secondary N) is 1. The summed E-state index contributed by atoms with van der Waals surface area (Å²) in [4.78, 5) is 12.7. The number of carbonyl (C=O) groups is 1. The Balaban J connectivity index is 1.89. The summed E-state index contributed by atoms with van der Waals surface area (Å²) in [5, 5.41) is 2.34. The minimum atomic E-state index is -4.59. The summed E-state index contributed by atoms with van der Waals surface area (Å²) in [6.07, 6.45) is -4.59. The molecule has 0 radical (unpaired) electrons. The summed E-state index contributed by atoms with van der Waals surface area (Å²) in [7, 11) is 0. The van der Waals surface area contributed by atoms with Gasteiger partial charge in [0, 0.05) is 5.56 Å². The monoisotopic (exact) mass is 493 g/mol. The van der Waals surface area contributed by atoms with Gasteiger partial charge in [0.1, 0.15) is 6.61 Å². The third kappa shape index (κ3) is 5.79. The van der Waals surface area contributed by atoms with Crippen molar-refractivity contribution >= 4 is 27.5 Å². The molecule has 0 fully saturated rings. The molecule has 0 aliphatic carbocycles. The molecule has 3 aromatic carbocycles. The Hall–Kier alpha value is -3.00. The van der Waals surface area contributed by atoms with Crippen LogP contribution in [0.15, 0.2) is 71.2 Å². The van der Waals surface area contributed by atoms with Crippen molar-refractivity contribution in [3.05, 3.63) is 87.9 Å². The lowest BCUT2D eigenvalue weighted by Gasteiger charge is -2.16. The molecule has 0 atom stereocenters. The Bertz CT molecular complexity index is 1060. The molecule has 3 aromatic rings. The Kier molecular flexibility index (Phi) is 7.22. The van der Waals surface area contributed by atoms with Crippen molar-refractivity contribution in [2.45, 2.75) is 19.7 Å². The van der Waals surface area contributed by atoms with Gasteiger partial charge in [-0.2, -0.15) is 13.2 Å². The van der Waals surface area contributed by atoms with Gasteiger partial charge in [0.25, 0.3) is 5.91 Å². The van der Waals surface area contributed by atoms with Crippen LogP contribution < -0.4 is 14.8 Å². The minimum absolute atomic E-state index is 0.121. The quantitative estimate of drug-likeness (QED) is 0.398. The number of rotatable bonds is 7. The second-order valence-electron chi connectivity index (χ2n) is 6.49. The first-order valence-electron chi connectivity index (χ1n) is 9.40. The largest absolute Gasteiger partial charge is 0.489 e. The summed E-state index contributed by atoms with van der Waals surface area (Å²) in [6, 6.07) is 17.1. The van der Waals surface area contributed by atoms with Crippen LogP contribution in [-0.4, -0.2) is 12.5 Å². The molecule has 4 nitrogen and oxygen atoms in total. The highest BCUT2D eigenvalue weighted by Crippen LogP contribution is 2.38. The van der Waals surface area contributed by atoms with E-state index in [9.17, 15) is 18.0 Å². The van der Waals surface area contributed by atoms with Crippen LogP contribution >= 0.6 is 15.9 Å². The summed E-state index contributed by atoms with van der Waals surface area (Å²) < 4.78 is 51.6. The Morgan fingerprint density at radius 1 is 1.00 bits per heavy atom. The number of carbonyl (C=O) groups excluding carboxylic acids is 1. The van der Waals surface area contributed by atoms with Gasteiger partial charge in [-0.25, -0.2) is 0 Å². The molecule has 0 unspecified atom stereocenters. The molecular formula is C23H19BrF3NO3. The number of amides is 1. The number of para-hydroxylation sites is 1. The Morgan fingerprint density at radius 2 is 1.68 bits per heavy atom. The second-order valence-corrected chi connectivity index (χ2v) is 7.34. The average molecular weight is 494 g/mol. The first-order chi connectivity index (χ1) is 14.8. The van der Waals surface area contributed by atoms with Crippen LogP contribution in [0.3, 0.4) is 0 Å². The fourth-order valence-corrected chi connectivity index (χ4v) is 3.42. The fraction of sp³-hybridized carbons (Fsp3) is 0.174. The zero-order valence-corrected chi connectivity index (χ0v) is 18.1. The predicted molar refractivity (Wildman–Crippen MR) is 115 cm³/mol. The van der Waals surface area contributed by atoms with Gasteiger partial charge in [-0.15, -0.1) is 0 Å². The maximum absolute atomic E-state index is 13.2. The van der Waals surface area contributed by atoms with E-state index in [1.165, 1.54) is 30.3 Å². The SMILES string of the molecule is CCOc1c(Br)cc(C(=O)Nc2ccccc2C(F)(F)F)cc1OCc1ccccc1. The molecule has 0 aliphatic heterocycles. The number of hydrogen-bond acceptors (Lipinski definition) is 3. The van der Waals surface area contributed by atoms with Gasteiger partial charge in [-0.3, -0.25) is 4.79 Å². The van der Waals surface area contributed by atoms with Crippen molar-refractivity contribution in [2.75, 3.05) is 11.9 Å². The summed E-state index contributed by atoms with van der Waals surface area (Å²) in [5.74, 6) is 0.00465. The maximum atomic E-state index is 13.2. The normalized spacial score (nSPS) is 11.1. The van der Waals surface area contributed by atoms with Gasteiger partial charge in [-0.1, -0.05) is 42.5 Å². The molecule has 0 bridgehead atoms. The Morgan fingerprint density at radius 3 is 2.35 bits per heavy atom. The van der Waals surface area contributed by atoms with Crippen LogP contribution in [0, 0.1) is 0 Å². The standard InChI is InChI=1S/C23H19BrF3NO3/c1-2-30-21-18(24)12-16(13-20(21)31-14-15-8-4-3-5-9-15)22(29)28-19-11-7-6-10-17(19)23(25,26)27/h3-13H,2,14H2,1H3,(H,28,29). The molecular weight excluding hydrogens is 475 g/mol. The summed E-state index contributed by atoms with van der Waals surface area (Å²) >= 11 is 3.36. The number of anilines is 1. The van der Waals surface area contributed by atoms with Crippen LogP contribution in [0.1, 0.15) is 28.4 Å². The van der Waals surface area contributed by atoms with Gasteiger partial charge < -0.3 is 14.8 Å². The van der Waals surface area contributed by atoms with Crippen LogP contribution in [0.4, 0.5) is 18.9 Å². The van der Waals surface area contributed by atoms with Crippen LogP contribution in [0.5, 0.6) is 11.5 Å². The van der Waals surface area contributed by atoms with E-state index in [1.54, 1.807) is 0 Å². The van der Waals surface area contributed by atoms with Crippen molar-refractivity contribution < 1.29 is 27.4 Å². The summed E-state index contributed by atoms with van der Waals surface area (Å²) in [6.45, 7) is 2.40. The van der Waals surface area contributed by atoms with Gasteiger partial charge in [0.2, 0.25) is 0 Å². The molecule has 162 valence electrons. The molecule has 0 saturated heterocycles. The molecule has 0 aliphatic rings. The zero-order valence-electron chi connectivity index (χ0n) is 16.5. The molecule has 1 amide bonds. The smallest absolute Gasteiger partial charge is 0.418 e.